The van der Waals surface area contributed by atoms with Crippen LogP contribution < -0.4 is 5.32 Å². The molecule has 2 fully saturated rings. The number of likely N-dealkylation sites (tertiary alicyclic amines) is 1. The normalized spacial score (nSPS) is 31.4. The van der Waals surface area contributed by atoms with Gasteiger partial charge in [-0.1, -0.05) is 0 Å². The zero-order valence-corrected chi connectivity index (χ0v) is 13.5. The maximum absolute atomic E-state index is 12.1. The average Bonchev–Trinajstić information content (AvgIpc) is 2.82. The number of hydrogen-bond acceptors (Lipinski definition) is 4. The van der Waals surface area contributed by atoms with Gasteiger partial charge in [0.1, 0.15) is 0 Å². The Kier molecular flexibility index (Phi) is 4.79. The fourth-order valence-corrected chi connectivity index (χ4v) is 4.34. The van der Waals surface area contributed by atoms with Crippen molar-refractivity contribution in [2.45, 2.75) is 44.2 Å². The number of amides is 2. The van der Waals surface area contributed by atoms with Crippen LogP contribution in [0.5, 0.6) is 0 Å². The maximum Gasteiger partial charge on any atom is 0.317 e. The van der Waals surface area contributed by atoms with Gasteiger partial charge in [-0.25, -0.2) is 13.2 Å². The lowest BCUT2D eigenvalue weighted by Crippen LogP contribution is -2.53. The van der Waals surface area contributed by atoms with Gasteiger partial charge < -0.3 is 15.3 Å². The monoisotopic (exact) mass is 319 g/mol. The molecule has 0 aromatic carbocycles. The van der Waals surface area contributed by atoms with Crippen LogP contribution in [0.2, 0.25) is 0 Å². The summed E-state index contributed by atoms with van der Waals surface area (Å²) in [6.07, 6.45) is 4.27. The number of piperidine rings is 1. The molecule has 2 aliphatic rings. The minimum Gasteiger partial charge on any atom is -0.388 e. The maximum atomic E-state index is 12.1. The van der Waals surface area contributed by atoms with Crippen LogP contribution >= 0.6 is 0 Å². The Morgan fingerprint density at radius 1 is 1.38 bits per heavy atom. The van der Waals surface area contributed by atoms with E-state index in [-0.39, 0.29) is 12.1 Å². The molecule has 2 rings (SSSR count). The molecule has 2 N–H and O–H groups in total. The molecule has 0 aliphatic carbocycles. The predicted molar refractivity (Wildman–Crippen MR) is 79.4 cm³/mol. The molecule has 7 nitrogen and oxygen atoms in total. The summed E-state index contributed by atoms with van der Waals surface area (Å²) in [5, 5.41) is 12.8. The molecule has 0 spiro atoms. The van der Waals surface area contributed by atoms with Gasteiger partial charge in [-0.05, 0) is 32.6 Å². The zero-order chi connectivity index (χ0) is 15.7. The van der Waals surface area contributed by atoms with Crippen molar-refractivity contribution in [2.24, 2.45) is 0 Å². The van der Waals surface area contributed by atoms with Crippen molar-refractivity contribution in [3.8, 4) is 0 Å². The Labute approximate surface area is 126 Å². The van der Waals surface area contributed by atoms with E-state index < -0.39 is 15.6 Å². The highest BCUT2D eigenvalue weighted by atomic mass is 32.2. The van der Waals surface area contributed by atoms with Crippen molar-refractivity contribution in [3.63, 3.8) is 0 Å². The van der Waals surface area contributed by atoms with Gasteiger partial charge in [0.05, 0.1) is 18.4 Å². The third kappa shape index (κ3) is 4.31. The van der Waals surface area contributed by atoms with E-state index in [0.717, 1.165) is 19.3 Å². The van der Waals surface area contributed by atoms with E-state index in [9.17, 15) is 18.3 Å². The highest BCUT2D eigenvalue weighted by Gasteiger charge is 2.33. The lowest BCUT2D eigenvalue weighted by Gasteiger charge is -2.37. The van der Waals surface area contributed by atoms with Crippen molar-refractivity contribution in [3.05, 3.63) is 0 Å². The van der Waals surface area contributed by atoms with Crippen LogP contribution in [-0.2, 0) is 10.0 Å². The molecule has 0 aromatic rings. The molecular weight excluding hydrogens is 294 g/mol. The standard InChI is InChI=1S/C13H25N3O4S/c1-13(18)6-4-7-15(10-13)12(17)14-9-11-5-3-8-16(11)21(2,19)20/h11,18H,3-10H2,1-2H3,(H,14,17)/t11-,13?/m1/s1. The summed E-state index contributed by atoms with van der Waals surface area (Å²) >= 11 is 0. The molecule has 0 aromatic heterocycles. The van der Waals surface area contributed by atoms with E-state index >= 15 is 0 Å². The van der Waals surface area contributed by atoms with Crippen LogP contribution in [-0.4, -0.2) is 72.8 Å². The summed E-state index contributed by atoms with van der Waals surface area (Å²) < 4.78 is 24.7. The largest absolute Gasteiger partial charge is 0.388 e. The highest BCUT2D eigenvalue weighted by Crippen LogP contribution is 2.21. The minimum absolute atomic E-state index is 0.158. The smallest absolute Gasteiger partial charge is 0.317 e. The first-order chi connectivity index (χ1) is 9.69. The fraction of sp³-hybridized carbons (Fsp3) is 0.923. The number of rotatable bonds is 3. The van der Waals surface area contributed by atoms with Gasteiger partial charge in [-0.2, -0.15) is 4.31 Å². The SMILES string of the molecule is CC1(O)CCCN(C(=O)NC[C@H]2CCCN2S(C)(=O)=O)C1. The summed E-state index contributed by atoms with van der Waals surface area (Å²) in [6.45, 7) is 3.53. The van der Waals surface area contributed by atoms with Crippen molar-refractivity contribution in [1.29, 1.82) is 0 Å². The summed E-state index contributed by atoms with van der Waals surface area (Å²) in [6, 6.07) is -0.385. The van der Waals surface area contributed by atoms with Crippen LogP contribution in [0, 0.1) is 0 Å². The van der Waals surface area contributed by atoms with E-state index in [2.05, 4.69) is 5.32 Å². The quantitative estimate of drug-likeness (QED) is 0.764. The first kappa shape index (κ1) is 16.5. The van der Waals surface area contributed by atoms with Gasteiger partial charge in [-0.15, -0.1) is 0 Å². The van der Waals surface area contributed by atoms with E-state index in [1.807, 2.05) is 0 Å². The number of hydrogen-bond donors (Lipinski definition) is 2. The zero-order valence-electron chi connectivity index (χ0n) is 12.7. The van der Waals surface area contributed by atoms with Crippen molar-refractivity contribution in [2.75, 3.05) is 32.4 Å². The van der Waals surface area contributed by atoms with Crippen LogP contribution in [0.15, 0.2) is 0 Å². The Hall–Kier alpha value is -0.860. The van der Waals surface area contributed by atoms with Gasteiger partial charge in [-0.3, -0.25) is 0 Å². The van der Waals surface area contributed by atoms with Crippen LogP contribution in [0.4, 0.5) is 4.79 Å². The second-order valence-corrected chi connectivity index (χ2v) is 8.31. The number of β-amino-alcohol motifs (C(OH)–C–C–N with tert-alkyl or cyclic N) is 1. The van der Waals surface area contributed by atoms with Crippen molar-refractivity contribution >= 4 is 16.1 Å². The highest BCUT2D eigenvalue weighted by molar-refractivity contribution is 7.88. The number of sulfonamides is 1. The molecule has 122 valence electrons. The first-order valence-corrected chi connectivity index (χ1v) is 9.26. The number of aliphatic hydroxyl groups is 1. The van der Waals surface area contributed by atoms with Gasteiger partial charge in [0.2, 0.25) is 10.0 Å². The third-order valence-electron chi connectivity index (χ3n) is 4.20. The molecule has 0 bridgehead atoms. The lowest BCUT2D eigenvalue weighted by atomic mass is 9.95. The first-order valence-electron chi connectivity index (χ1n) is 7.41. The second kappa shape index (κ2) is 6.10. The van der Waals surface area contributed by atoms with E-state index in [1.165, 1.54) is 10.6 Å². The summed E-state index contributed by atoms with van der Waals surface area (Å²) in [5.41, 5.74) is -0.832. The van der Waals surface area contributed by atoms with E-state index in [0.29, 0.717) is 32.6 Å². The molecule has 2 atom stereocenters. The number of nitrogens with zero attached hydrogens (tertiary/aromatic N) is 2. The van der Waals surface area contributed by atoms with Gasteiger partial charge >= 0.3 is 6.03 Å². The molecule has 2 saturated heterocycles. The average molecular weight is 319 g/mol. The van der Waals surface area contributed by atoms with Gasteiger partial charge in [0.25, 0.3) is 0 Å². The second-order valence-electron chi connectivity index (χ2n) is 6.38. The number of urea groups is 1. The molecule has 2 amide bonds. The fourth-order valence-electron chi connectivity index (χ4n) is 3.16. The van der Waals surface area contributed by atoms with Crippen molar-refractivity contribution in [1.82, 2.24) is 14.5 Å². The van der Waals surface area contributed by atoms with Gasteiger partial charge in [0.15, 0.2) is 0 Å². The molecule has 0 radical (unpaired) electrons. The molecule has 1 unspecified atom stereocenters. The molecule has 2 heterocycles. The molecule has 21 heavy (non-hydrogen) atoms. The Morgan fingerprint density at radius 3 is 2.71 bits per heavy atom. The van der Waals surface area contributed by atoms with Crippen LogP contribution in [0.25, 0.3) is 0 Å². The van der Waals surface area contributed by atoms with Gasteiger partial charge in [0, 0.05) is 25.7 Å². The number of carbonyl (C=O) groups is 1. The number of nitrogens with one attached hydrogen (secondary N) is 1. The summed E-state index contributed by atoms with van der Waals surface area (Å²) in [4.78, 5) is 13.7. The van der Waals surface area contributed by atoms with E-state index in [4.69, 9.17) is 0 Å². The summed E-state index contributed by atoms with van der Waals surface area (Å²) in [5.74, 6) is 0. The minimum atomic E-state index is -3.21. The van der Waals surface area contributed by atoms with Crippen LogP contribution in [0.1, 0.15) is 32.6 Å². The molecular formula is C13H25N3O4S. The lowest BCUT2D eigenvalue weighted by molar-refractivity contribution is -0.00256. The van der Waals surface area contributed by atoms with E-state index in [1.54, 1.807) is 11.8 Å². The topological polar surface area (TPSA) is 89.9 Å². The summed E-state index contributed by atoms with van der Waals surface area (Å²) in [7, 11) is -3.21. The molecule has 0 saturated carbocycles. The molecule has 8 heteroatoms. The number of carbonyl (C=O) groups excluding carboxylic acids is 1. The Bertz CT molecular complexity index is 492. The Morgan fingerprint density at radius 2 is 2.10 bits per heavy atom. The van der Waals surface area contributed by atoms with Crippen molar-refractivity contribution < 1.29 is 18.3 Å². The Balaban J connectivity index is 1.86. The predicted octanol–water partition coefficient (Wildman–Crippen LogP) is -0.0332. The third-order valence-corrected chi connectivity index (χ3v) is 5.53. The molecule has 2 aliphatic heterocycles. The van der Waals surface area contributed by atoms with Crippen LogP contribution in [0.3, 0.4) is 0 Å².